The number of likely N-dealkylation sites (N-methyl/N-ethyl adjacent to an activating group) is 1. The summed E-state index contributed by atoms with van der Waals surface area (Å²) >= 11 is 0. The van der Waals surface area contributed by atoms with Crippen molar-refractivity contribution in [2.75, 3.05) is 33.2 Å². The molecular weight excluding hydrogens is 340 g/mol. The maximum atomic E-state index is 13.7. The van der Waals surface area contributed by atoms with Gasteiger partial charge in [-0.25, -0.2) is 13.8 Å². The van der Waals surface area contributed by atoms with Gasteiger partial charge in [-0.1, -0.05) is 0 Å². The average Bonchev–Trinajstić information content (AvgIpc) is 2.64. The molecule has 0 atom stereocenters. The molecule has 0 saturated carbocycles. The van der Waals surface area contributed by atoms with Crippen molar-refractivity contribution in [3.63, 3.8) is 0 Å². The zero-order valence-corrected chi connectivity index (χ0v) is 15.3. The van der Waals surface area contributed by atoms with Crippen LogP contribution in [0.1, 0.15) is 25.3 Å². The number of halogens is 2. The number of amides is 1. The molecule has 1 saturated heterocycles. The minimum Gasteiger partial charge on any atom is -0.358 e. The summed E-state index contributed by atoms with van der Waals surface area (Å²) in [7, 11) is 1.64. The molecule has 8 heteroatoms. The Bertz CT molecular complexity index is 630. The molecule has 0 radical (unpaired) electrons. The van der Waals surface area contributed by atoms with Crippen molar-refractivity contribution >= 4 is 11.9 Å². The van der Waals surface area contributed by atoms with Crippen LogP contribution in [0.15, 0.2) is 23.2 Å². The number of nitrogens with zero attached hydrogens (tertiary/aromatic N) is 2. The molecule has 1 aromatic rings. The van der Waals surface area contributed by atoms with Gasteiger partial charge in [0.15, 0.2) is 5.96 Å². The predicted octanol–water partition coefficient (Wildman–Crippen LogP) is 1.23. The molecule has 1 fully saturated rings. The summed E-state index contributed by atoms with van der Waals surface area (Å²) in [5.74, 6) is -0.337. The number of piperidine rings is 1. The van der Waals surface area contributed by atoms with Gasteiger partial charge in [0.05, 0.1) is 13.1 Å². The van der Waals surface area contributed by atoms with Gasteiger partial charge in [-0.05, 0) is 38.0 Å². The van der Waals surface area contributed by atoms with Gasteiger partial charge in [0.2, 0.25) is 5.91 Å². The van der Waals surface area contributed by atoms with Crippen LogP contribution in [0.2, 0.25) is 0 Å². The Hall–Kier alpha value is -2.22. The van der Waals surface area contributed by atoms with E-state index in [1.54, 1.807) is 7.05 Å². The lowest BCUT2D eigenvalue weighted by molar-refractivity contribution is -0.122. The fourth-order valence-electron chi connectivity index (χ4n) is 2.86. The van der Waals surface area contributed by atoms with Crippen LogP contribution >= 0.6 is 0 Å². The number of hydrogen-bond donors (Lipinski definition) is 3. The largest absolute Gasteiger partial charge is 0.358 e. The third kappa shape index (κ3) is 6.25. The molecule has 1 aliphatic heterocycles. The number of likely N-dealkylation sites (tertiary alicyclic amines) is 1. The first-order valence-electron chi connectivity index (χ1n) is 8.93. The van der Waals surface area contributed by atoms with E-state index in [1.807, 2.05) is 6.92 Å². The zero-order valence-electron chi connectivity index (χ0n) is 15.3. The first-order valence-corrected chi connectivity index (χ1v) is 8.93. The normalized spacial score (nSPS) is 16.4. The molecule has 0 spiro atoms. The third-order valence-corrected chi connectivity index (χ3v) is 4.33. The minimum absolute atomic E-state index is 0.0171. The molecular formula is C18H27F2N5O. The summed E-state index contributed by atoms with van der Waals surface area (Å²) in [6, 6.07) is 3.60. The van der Waals surface area contributed by atoms with E-state index >= 15 is 0 Å². The molecule has 0 unspecified atom stereocenters. The molecule has 26 heavy (non-hydrogen) atoms. The fourth-order valence-corrected chi connectivity index (χ4v) is 2.86. The predicted molar refractivity (Wildman–Crippen MR) is 97.8 cm³/mol. The van der Waals surface area contributed by atoms with Crippen LogP contribution < -0.4 is 16.0 Å². The van der Waals surface area contributed by atoms with E-state index in [9.17, 15) is 13.6 Å². The molecule has 1 aromatic carbocycles. The zero-order chi connectivity index (χ0) is 18.9. The number of hydrogen-bond acceptors (Lipinski definition) is 3. The molecule has 2 rings (SSSR count). The van der Waals surface area contributed by atoms with Gasteiger partial charge in [-0.15, -0.1) is 0 Å². The Morgan fingerprint density at radius 1 is 1.31 bits per heavy atom. The van der Waals surface area contributed by atoms with Crippen LogP contribution in [0, 0.1) is 11.6 Å². The average molecular weight is 367 g/mol. The van der Waals surface area contributed by atoms with E-state index in [1.165, 1.54) is 6.07 Å². The monoisotopic (exact) mass is 367 g/mol. The highest BCUT2D eigenvalue weighted by Gasteiger charge is 2.21. The Balaban J connectivity index is 1.90. The van der Waals surface area contributed by atoms with Crippen LogP contribution in [0.25, 0.3) is 0 Å². The highest BCUT2D eigenvalue weighted by atomic mass is 19.1. The highest BCUT2D eigenvalue weighted by molar-refractivity contribution is 5.80. The van der Waals surface area contributed by atoms with Crippen molar-refractivity contribution in [1.29, 1.82) is 0 Å². The summed E-state index contributed by atoms with van der Waals surface area (Å²) in [4.78, 5) is 17.9. The standard InChI is InChI=1S/C18H27F2N5O/c1-3-22-18(23-11-13-10-14(19)4-5-16(13)20)24-15-6-8-25(9-7-15)12-17(26)21-2/h4-5,10,15H,3,6-9,11-12H2,1-2H3,(H,21,26)(H2,22,23,24). The van der Waals surface area contributed by atoms with E-state index in [2.05, 4.69) is 25.8 Å². The van der Waals surface area contributed by atoms with E-state index in [4.69, 9.17) is 0 Å². The maximum Gasteiger partial charge on any atom is 0.233 e. The Labute approximate surface area is 153 Å². The first kappa shape index (κ1) is 20.1. The lowest BCUT2D eigenvalue weighted by Crippen LogP contribution is -2.50. The topological polar surface area (TPSA) is 68.8 Å². The maximum absolute atomic E-state index is 13.7. The summed E-state index contributed by atoms with van der Waals surface area (Å²) in [5.41, 5.74) is 0.225. The van der Waals surface area contributed by atoms with Crippen molar-refractivity contribution in [3.05, 3.63) is 35.4 Å². The Morgan fingerprint density at radius 2 is 2.04 bits per heavy atom. The second-order valence-electron chi connectivity index (χ2n) is 6.30. The lowest BCUT2D eigenvalue weighted by Gasteiger charge is -2.32. The fraction of sp³-hybridized carbons (Fsp3) is 0.556. The quantitative estimate of drug-likeness (QED) is 0.523. The smallest absolute Gasteiger partial charge is 0.233 e. The number of guanidine groups is 1. The Kier molecular flexibility index (Phi) is 7.77. The van der Waals surface area contributed by atoms with E-state index in [-0.39, 0.29) is 24.1 Å². The van der Waals surface area contributed by atoms with Gasteiger partial charge in [-0.2, -0.15) is 0 Å². The number of nitrogens with one attached hydrogen (secondary N) is 3. The van der Waals surface area contributed by atoms with Gasteiger partial charge >= 0.3 is 0 Å². The van der Waals surface area contributed by atoms with Gasteiger partial charge in [0.25, 0.3) is 0 Å². The number of rotatable bonds is 6. The van der Waals surface area contributed by atoms with E-state index in [0.717, 1.165) is 38.1 Å². The first-order chi connectivity index (χ1) is 12.5. The summed E-state index contributed by atoms with van der Waals surface area (Å²) < 4.78 is 27.0. The number of benzene rings is 1. The van der Waals surface area contributed by atoms with Crippen LogP contribution in [0.5, 0.6) is 0 Å². The third-order valence-electron chi connectivity index (χ3n) is 4.33. The summed E-state index contributed by atoms with van der Waals surface area (Å²) in [6.07, 6.45) is 1.77. The van der Waals surface area contributed by atoms with Crippen molar-refractivity contribution in [3.8, 4) is 0 Å². The van der Waals surface area contributed by atoms with Crippen molar-refractivity contribution in [1.82, 2.24) is 20.9 Å². The molecule has 1 aliphatic rings. The van der Waals surface area contributed by atoms with Crippen molar-refractivity contribution < 1.29 is 13.6 Å². The van der Waals surface area contributed by atoms with Crippen LogP contribution in [0.3, 0.4) is 0 Å². The SMILES string of the molecule is CCNC(=NCc1cc(F)ccc1F)NC1CCN(CC(=O)NC)CC1. The second-order valence-corrected chi connectivity index (χ2v) is 6.30. The molecule has 1 amide bonds. The van der Waals surface area contributed by atoms with E-state index in [0.29, 0.717) is 19.0 Å². The van der Waals surface area contributed by atoms with Crippen molar-refractivity contribution in [2.45, 2.75) is 32.4 Å². The molecule has 0 bridgehead atoms. The van der Waals surface area contributed by atoms with Gasteiger partial charge in [0.1, 0.15) is 11.6 Å². The molecule has 3 N–H and O–H groups in total. The van der Waals surface area contributed by atoms with Crippen LogP contribution in [-0.4, -0.2) is 56.0 Å². The summed E-state index contributed by atoms with van der Waals surface area (Å²) in [5, 5.41) is 9.11. The minimum atomic E-state index is -0.474. The summed E-state index contributed by atoms with van der Waals surface area (Å²) in [6.45, 7) is 4.75. The van der Waals surface area contributed by atoms with E-state index < -0.39 is 11.6 Å². The molecule has 0 aromatic heterocycles. The van der Waals surface area contributed by atoms with Crippen LogP contribution in [-0.2, 0) is 11.3 Å². The van der Waals surface area contributed by atoms with Gasteiger partial charge in [-0.3, -0.25) is 9.69 Å². The van der Waals surface area contributed by atoms with Crippen LogP contribution in [0.4, 0.5) is 8.78 Å². The van der Waals surface area contributed by atoms with Crippen molar-refractivity contribution in [2.24, 2.45) is 4.99 Å². The molecule has 0 aliphatic carbocycles. The highest BCUT2D eigenvalue weighted by Crippen LogP contribution is 2.12. The number of aliphatic imine (C=N–C) groups is 1. The molecule has 1 heterocycles. The lowest BCUT2D eigenvalue weighted by atomic mass is 10.1. The number of carbonyl (C=O) groups excluding carboxylic acids is 1. The molecule has 6 nitrogen and oxygen atoms in total. The molecule has 144 valence electrons. The van der Waals surface area contributed by atoms with Gasteiger partial charge < -0.3 is 16.0 Å². The number of carbonyl (C=O) groups is 1. The van der Waals surface area contributed by atoms with Gasteiger partial charge in [0, 0.05) is 38.3 Å². The second kappa shape index (κ2) is 10.1. The Morgan fingerprint density at radius 3 is 2.69 bits per heavy atom.